The molecule has 0 aliphatic heterocycles. The second-order valence-corrected chi connectivity index (χ2v) is 5.57. The number of amides is 1. The Morgan fingerprint density at radius 1 is 1.10 bits per heavy atom. The largest absolute Gasteiger partial charge is 0.361 e. The Hall–Kier alpha value is -2.33. The summed E-state index contributed by atoms with van der Waals surface area (Å²) in [7, 11) is 0. The van der Waals surface area contributed by atoms with Gasteiger partial charge in [0.2, 0.25) is 5.91 Å². The summed E-state index contributed by atoms with van der Waals surface area (Å²) in [6.07, 6.45) is 5.20. The molecule has 1 amide bonds. The number of fused-ring (bicyclic) bond motifs is 1. The maximum absolute atomic E-state index is 11.9. The maximum Gasteiger partial charge on any atom is 0.248 e. The second-order valence-electron chi connectivity index (χ2n) is 4.65. The topological polar surface area (TPSA) is 44.9 Å². The maximum atomic E-state index is 11.9. The standard InChI is InChI=1S/C17H13BrN2O/c18-14-5-1-12(2-6-14)3-8-17(21)20-15-7-4-13-9-10-19-16(13)11-15/h1-11,19H,(H,20,21)/b8-3+. The number of carbonyl (C=O) groups excluding carboxylic acids is 1. The molecule has 0 unspecified atom stereocenters. The van der Waals surface area contributed by atoms with Crippen LogP contribution in [0, 0.1) is 0 Å². The summed E-state index contributed by atoms with van der Waals surface area (Å²) in [5, 5.41) is 3.97. The van der Waals surface area contributed by atoms with Crippen molar-refractivity contribution in [2.24, 2.45) is 0 Å². The first-order chi connectivity index (χ1) is 10.2. The second kappa shape index (κ2) is 5.97. The summed E-state index contributed by atoms with van der Waals surface area (Å²) in [4.78, 5) is 15.0. The Bertz CT molecular complexity index is 803. The Morgan fingerprint density at radius 2 is 1.90 bits per heavy atom. The van der Waals surface area contributed by atoms with Gasteiger partial charge < -0.3 is 10.3 Å². The van der Waals surface area contributed by atoms with Gasteiger partial charge in [0.25, 0.3) is 0 Å². The van der Waals surface area contributed by atoms with E-state index in [0.29, 0.717) is 0 Å². The van der Waals surface area contributed by atoms with E-state index in [1.54, 1.807) is 6.08 Å². The molecular formula is C17H13BrN2O. The Labute approximate surface area is 130 Å². The molecule has 0 bridgehead atoms. The molecule has 1 aromatic heterocycles. The zero-order chi connectivity index (χ0) is 14.7. The summed E-state index contributed by atoms with van der Waals surface area (Å²) < 4.78 is 1.02. The van der Waals surface area contributed by atoms with Crippen LogP contribution < -0.4 is 5.32 Å². The van der Waals surface area contributed by atoms with Crippen LogP contribution in [0.15, 0.2) is 65.3 Å². The number of benzene rings is 2. The minimum Gasteiger partial charge on any atom is -0.361 e. The van der Waals surface area contributed by atoms with E-state index in [2.05, 4.69) is 26.2 Å². The zero-order valence-corrected chi connectivity index (χ0v) is 12.7. The lowest BCUT2D eigenvalue weighted by Crippen LogP contribution is -2.07. The minimum atomic E-state index is -0.149. The van der Waals surface area contributed by atoms with Crippen molar-refractivity contribution in [1.82, 2.24) is 4.98 Å². The highest BCUT2D eigenvalue weighted by molar-refractivity contribution is 9.10. The van der Waals surface area contributed by atoms with Crippen molar-refractivity contribution in [3.05, 3.63) is 70.8 Å². The summed E-state index contributed by atoms with van der Waals surface area (Å²) >= 11 is 3.38. The van der Waals surface area contributed by atoms with Crippen molar-refractivity contribution in [3.63, 3.8) is 0 Å². The lowest BCUT2D eigenvalue weighted by atomic mass is 10.2. The molecule has 0 atom stereocenters. The van der Waals surface area contributed by atoms with Crippen LogP contribution in [0.1, 0.15) is 5.56 Å². The summed E-state index contributed by atoms with van der Waals surface area (Å²) in [6.45, 7) is 0. The van der Waals surface area contributed by atoms with Gasteiger partial charge in [-0.1, -0.05) is 34.1 Å². The molecule has 0 saturated carbocycles. The molecule has 0 saturated heterocycles. The highest BCUT2D eigenvalue weighted by atomic mass is 79.9. The van der Waals surface area contributed by atoms with Gasteiger partial charge in [0.1, 0.15) is 0 Å². The van der Waals surface area contributed by atoms with Crippen molar-refractivity contribution < 1.29 is 4.79 Å². The van der Waals surface area contributed by atoms with Crippen LogP contribution in [-0.2, 0) is 4.79 Å². The third kappa shape index (κ3) is 3.41. The molecule has 21 heavy (non-hydrogen) atoms. The van der Waals surface area contributed by atoms with Gasteiger partial charge in [0.15, 0.2) is 0 Å². The van der Waals surface area contributed by atoms with Crippen LogP contribution in [0.3, 0.4) is 0 Å². The van der Waals surface area contributed by atoms with Crippen molar-refractivity contribution >= 4 is 44.5 Å². The highest BCUT2D eigenvalue weighted by Crippen LogP contribution is 2.17. The number of carbonyl (C=O) groups is 1. The van der Waals surface area contributed by atoms with Crippen molar-refractivity contribution in [1.29, 1.82) is 0 Å². The van der Waals surface area contributed by atoms with Gasteiger partial charge in [-0.25, -0.2) is 0 Å². The summed E-state index contributed by atoms with van der Waals surface area (Å²) in [6, 6.07) is 15.5. The SMILES string of the molecule is O=C(/C=C/c1ccc(Br)cc1)Nc1ccc2cc[nH]c2c1. The zero-order valence-electron chi connectivity index (χ0n) is 11.1. The van der Waals surface area contributed by atoms with Crippen LogP contribution in [-0.4, -0.2) is 10.9 Å². The number of nitrogens with one attached hydrogen (secondary N) is 2. The fourth-order valence-corrected chi connectivity index (χ4v) is 2.32. The van der Waals surface area contributed by atoms with Gasteiger partial charge in [0, 0.05) is 27.9 Å². The van der Waals surface area contributed by atoms with Gasteiger partial charge >= 0.3 is 0 Å². The molecule has 0 aliphatic rings. The molecule has 104 valence electrons. The lowest BCUT2D eigenvalue weighted by molar-refractivity contribution is -0.111. The van der Waals surface area contributed by atoms with Crippen LogP contribution in [0.25, 0.3) is 17.0 Å². The van der Waals surface area contributed by atoms with Gasteiger partial charge in [-0.05, 0) is 47.4 Å². The lowest BCUT2D eigenvalue weighted by Gasteiger charge is -2.02. The fourth-order valence-electron chi connectivity index (χ4n) is 2.06. The number of H-pyrrole nitrogens is 1. The third-order valence-corrected chi connectivity index (χ3v) is 3.65. The molecule has 0 spiro atoms. The first-order valence-corrected chi connectivity index (χ1v) is 7.32. The molecule has 0 radical (unpaired) electrons. The number of rotatable bonds is 3. The molecule has 4 heteroatoms. The Kier molecular flexibility index (Phi) is 3.88. The van der Waals surface area contributed by atoms with Crippen LogP contribution in [0.4, 0.5) is 5.69 Å². The summed E-state index contributed by atoms with van der Waals surface area (Å²) in [5.41, 5.74) is 2.76. The molecule has 3 aromatic rings. The smallest absolute Gasteiger partial charge is 0.248 e. The number of anilines is 1. The average Bonchev–Trinajstić information content (AvgIpc) is 2.94. The van der Waals surface area contributed by atoms with E-state index >= 15 is 0 Å². The number of halogens is 1. The van der Waals surface area contributed by atoms with E-state index < -0.39 is 0 Å². The van der Waals surface area contributed by atoms with E-state index in [-0.39, 0.29) is 5.91 Å². The average molecular weight is 341 g/mol. The van der Waals surface area contributed by atoms with E-state index in [1.807, 2.05) is 54.7 Å². The van der Waals surface area contributed by atoms with Crippen LogP contribution >= 0.6 is 15.9 Å². The Balaban J connectivity index is 1.69. The number of aromatic amines is 1. The number of hydrogen-bond acceptors (Lipinski definition) is 1. The monoisotopic (exact) mass is 340 g/mol. The predicted octanol–water partition coefficient (Wildman–Crippen LogP) is 4.58. The van der Waals surface area contributed by atoms with Gasteiger partial charge in [-0.15, -0.1) is 0 Å². The normalized spacial score (nSPS) is 11.1. The molecule has 0 aliphatic carbocycles. The van der Waals surface area contributed by atoms with E-state index in [1.165, 1.54) is 6.08 Å². The summed E-state index contributed by atoms with van der Waals surface area (Å²) in [5.74, 6) is -0.149. The van der Waals surface area contributed by atoms with Crippen LogP contribution in [0.5, 0.6) is 0 Å². The molecular weight excluding hydrogens is 328 g/mol. The highest BCUT2D eigenvalue weighted by Gasteiger charge is 2.00. The Morgan fingerprint density at radius 3 is 2.71 bits per heavy atom. The third-order valence-electron chi connectivity index (χ3n) is 3.12. The van der Waals surface area contributed by atoms with Crippen molar-refractivity contribution in [2.75, 3.05) is 5.32 Å². The molecule has 3 nitrogen and oxygen atoms in total. The van der Waals surface area contributed by atoms with E-state index in [4.69, 9.17) is 0 Å². The fraction of sp³-hybridized carbons (Fsp3) is 0. The molecule has 2 N–H and O–H groups in total. The predicted molar refractivity (Wildman–Crippen MR) is 90.1 cm³/mol. The molecule has 2 aromatic carbocycles. The van der Waals surface area contributed by atoms with E-state index in [9.17, 15) is 4.79 Å². The molecule has 0 fully saturated rings. The molecule has 3 rings (SSSR count). The van der Waals surface area contributed by atoms with Crippen LogP contribution in [0.2, 0.25) is 0 Å². The minimum absolute atomic E-state index is 0.149. The van der Waals surface area contributed by atoms with Gasteiger partial charge in [-0.3, -0.25) is 4.79 Å². The first-order valence-electron chi connectivity index (χ1n) is 6.52. The van der Waals surface area contributed by atoms with Gasteiger partial charge in [-0.2, -0.15) is 0 Å². The van der Waals surface area contributed by atoms with Crippen molar-refractivity contribution in [2.45, 2.75) is 0 Å². The van der Waals surface area contributed by atoms with Gasteiger partial charge in [0.05, 0.1) is 0 Å². The first kappa shape index (κ1) is 13.6. The number of hydrogen-bond donors (Lipinski definition) is 2. The number of aromatic nitrogens is 1. The molecule has 1 heterocycles. The van der Waals surface area contributed by atoms with E-state index in [0.717, 1.165) is 26.6 Å². The van der Waals surface area contributed by atoms with Crippen molar-refractivity contribution in [3.8, 4) is 0 Å². The quantitative estimate of drug-likeness (QED) is 0.673.